The van der Waals surface area contributed by atoms with Crippen LogP contribution in [0.3, 0.4) is 0 Å². The molecule has 3 rings (SSSR count). The van der Waals surface area contributed by atoms with Gasteiger partial charge in [-0.2, -0.15) is 5.10 Å². The molecule has 1 heterocycles. The van der Waals surface area contributed by atoms with Gasteiger partial charge in [0.25, 0.3) is 5.91 Å². The smallest absolute Gasteiger partial charge is 0.265 e. The molecule has 0 fully saturated rings. The van der Waals surface area contributed by atoms with Crippen LogP contribution in [0, 0.1) is 0 Å². The fourth-order valence-corrected chi connectivity index (χ4v) is 3.74. The maximum atomic E-state index is 13.0. The molecule has 3 aromatic rings. The minimum absolute atomic E-state index is 0.00432. The quantitative estimate of drug-likeness (QED) is 0.557. The Bertz CT molecular complexity index is 1010. The number of amides is 1. The number of ether oxygens (including phenoxy) is 2. The molecule has 0 spiro atoms. The van der Waals surface area contributed by atoms with Gasteiger partial charge in [-0.15, -0.1) is 0 Å². The summed E-state index contributed by atoms with van der Waals surface area (Å²) < 4.78 is 15.6. The molecule has 1 aromatic heterocycles. The van der Waals surface area contributed by atoms with Gasteiger partial charge in [0.1, 0.15) is 11.5 Å². The van der Waals surface area contributed by atoms with E-state index in [2.05, 4.69) is 36.7 Å². The molecule has 0 aliphatic rings. The molecule has 0 bridgehead atoms. The first-order chi connectivity index (χ1) is 14.3. The number of hydrogen-bond donors (Lipinski definition) is 1. The lowest BCUT2D eigenvalue weighted by molar-refractivity contribution is 0.0981. The van der Waals surface area contributed by atoms with E-state index in [0.29, 0.717) is 23.6 Å². The molecule has 158 valence electrons. The fourth-order valence-electron chi connectivity index (χ4n) is 2.99. The largest absolute Gasteiger partial charge is 0.496 e. The summed E-state index contributed by atoms with van der Waals surface area (Å²) >= 11 is 1.24. The molecule has 0 radical (unpaired) electrons. The second kappa shape index (κ2) is 9.26. The van der Waals surface area contributed by atoms with Crippen molar-refractivity contribution in [2.75, 3.05) is 14.2 Å². The second-order valence-electron chi connectivity index (χ2n) is 7.89. The maximum Gasteiger partial charge on any atom is 0.265 e. The molecular weight excluding hydrogens is 398 g/mol. The molecule has 1 amide bonds. The Morgan fingerprint density at radius 2 is 1.83 bits per heavy atom. The van der Waals surface area contributed by atoms with Crippen LogP contribution in [0.15, 0.2) is 59.8 Å². The number of hydrogen-bond acceptors (Lipinski definition) is 5. The summed E-state index contributed by atoms with van der Waals surface area (Å²) in [6.07, 6.45) is 3.61. The van der Waals surface area contributed by atoms with Gasteiger partial charge in [0.05, 0.1) is 31.2 Å². The zero-order valence-electron chi connectivity index (χ0n) is 17.9. The van der Waals surface area contributed by atoms with Gasteiger partial charge in [0.2, 0.25) is 0 Å². The van der Waals surface area contributed by atoms with Gasteiger partial charge in [-0.25, -0.2) is 0 Å². The minimum atomic E-state index is -0.234. The lowest BCUT2D eigenvalue weighted by Crippen LogP contribution is -2.18. The first-order valence-corrected chi connectivity index (χ1v) is 10.4. The summed E-state index contributed by atoms with van der Waals surface area (Å²) in [6.45, 7) is 7.03. The third-order valence-corrected chi connectivity index (χ3v) is 5.52. The third-order valence-electron chi connectivity index (χ3n) is 4.70. The molecule has 7 heteroatoms. The van der Waals surface area contributed by atoms with Gasteiger partial charge in [0.15, 0.2) is 0 Å². The number of aromatic nitrogens is 2. The summed E-state index contributed by atoms with van der Waals surface area (Å²) in [5.41, 5.74) is 2.59. The van der Waals surface area contributed by atoms with Crippen LogP contribution in [0.5, 0.6) is 11.5 Å². The molecule has 6 nitrogen and oxygen atoms in total. The van der Waals surface area contributed by atoms with Crippen LogP contribution in [0.25, 0.3) is 0 Å². The molecule has 1 N–H and O–H groups in total. The Kier molecular flexibility index (Phi) is 6.72. The Labute approximate surface area is 181 Å². The van der Waals surface area contributed by atoms with Crippen molar-refractivity contribution in [2.45, 2.75) is 37.6 Å². The van der Waals surface area contributed by atoms with Crippen LogP contribution < -0.4 is 14.2 Å². The van der Waals surface area contributed by atoms with Crippen molar-refractivity contribution in [1.82, 2.24) is 14.5 Å². The number of rotatable bonds is 7. The normalized spacial score (nSPS) is 11.2. The van der Waals surface area contributed by atoms with Crippen molar-refractivity contribution >= 4 is 17.9 Å². The van der Waals surface area contributed by atoms with Crippen LogP contribution in [-0.2, 0) is 12.0 Å². The van der Waals surface area contributed by atoms with Crippen LogP contribution in [-0.4, -0.2) is 29.9 Å². The van der Waals surface area contributed by atoms with E-state index in [1.165, 1.54) is 17.5 Å². The van der Waals surface area contributed by atoms with Gasteiger partial charge in [-0.1, -0.05) is 32.9 Å². The number of nitrogens with one attached hydrogen (secondary N) is 1. The van der Waals surface area contributed by atoms with Crippen molar-refractivity contribution in [3.63, 3.8) is 0 Å². The zero-order chi connectivity index (χ0) is 21.7. The predicted octanol–water partition coefficient (Wildman–Crippen LogP) is 4.68. The van der Waals surface area contributed by atoms with Gasteiger partial charge in [-0.05, 0) is 58.8 Å². The lowest BCUT2D eigenvalue weighted by atomic mass is 9.87. The molecular formula is C23H27N3O3S. The SMILES string of the molecule is COc1ccc(C(C)(C)C)cc1SNC(=O)c1cc(Cn2cccn2)ccc1OC. The van der Waals surface area contributed by atoms with Crippen LogP contribution in [0.2, 0.25) is 0 Å². The minimum Gasteiger partial charge on any atom is -0.496 e. The van der Waals surface area contributed by atoms with Gasteiger partial charge >= 0.3 is 0 Å². The highest BCUT2D eigenvalue weighted by molar-refractivity contribution is 7.98. The molecule has 0 saturated carbocycles. The number of benzene rings is 2. The highest BCUT2D eigenvalue weighted by atomic mass is 32.2. The summed E-state index contributed by atoms with van der Waals surface area (Å²) in [5, 5.41) is 4.22. The van der Waals surface area contributed by atoms with E-state index in [4.69, 9.17) is 9.47 Å². The first-order valence-electron chi connectivity index (χ1n) is 9.62. The van der Waals surface area contributed by atoms with Gasteiger partial charge in [0, 0.05) is 12.4 Å². The number of carbonyl (C=O) groups excluding carboxylic acids is 1. The van der Waals surface area contributed by atoms with Crippen molar-refractivity contribution < 1.29 is 14.3 Å². The van der Waals surface area contributed by atoms with E-state index in [1.807, 2.05) is 36.5 Å². The highest BCUT2D eigenvalue weighted by Gasteiger charge is 2.18. The van der Waals surface area contributed by atoms with Crippen molar-refractivity contribution in [1.29, 1.82) is 0 Å². The summed E-state index contributed by atoms with van der Waals surface area (Å²) in [4.78, 5) is 13.8. The van der Waals surface area contributed by atoms with Crippen LogP contribution in [0.1, 0.15) is 42.3 Å². The molecule has 0 unspecified atom stereocenters. The molecule has 0 saturated heterocycles. The van der Waals surface area contributed by atoms with Crippen LogP contribution in [0.4, 0.5) is 0 Å². The van der Waals surface area contributed by atoms with Crippen molar-refractivity contribution in [3.8, 4) is 11.5 Å². The first kappa shape index (κ1) is 21.8. The van der Waals surface area contributed by atoms with Crippen molar-refractivity contribution in [3.05, 3.63) is 71.5 Å². The summed E-state index contributed by atoms with van der Waals surface area (Å²) in [6, 6.07) is 13.5. The van der Waals surface area contributed by atoms with E-state index in [1.54, 1.807) is 31.2 Å². The predicted molar refractivity (Wildman–Crippen MR) is 119 cm³/mol. The summed E-state index contributed by atoms with van der Waals surface area (Å²) in [7, 11) is 3.18. The van der Waals surface area contributed by atoms with Crippen LogP contribution >= 0.6 is 11.9 Å². The van der Waals surface area contributed by atoms with Crippen molar-refractivity contribution in [2.24, 2.45) is 0 Å². The van der Waals surface area contributed by atoms with E-state index < -0.39 is 0 Å². The van der Waals surface area contributed by atoms with E-state index in [9.17, 15) is 4.79 Å². The maximum absolute atomic E-state index is 13.0. The topological polar surface area (TPSA) is 65.4 Å². The standard InChI is InChI=1S/C23H27N3O3S/c1-23(2,3)17-8-10-20(29-5)21(14-17)30-25-22(27)18-13-16(7-9-19(18)28-4)15-26-12-6-11-24-26/h6-14H,15H2,1-5H3,(H,25,27). The van der Waals surface area contributed by atoms with Gasteiger partial charge < -0.3 is 9.47 Å². The number of methoxy groups -OCH3 is 2. The Balaban J connectivity index is 1.80. The molecule has 30 heavy (non-hydrogen) atoms. The Morgan fingerprint density at radius 1 is 1.10 bits per heavy atom. The molecule has 0 atom stereocenters. The molecule has 0 aliphatic heterocycles. The molecule has 0 aliphatic carbocycles. The average Bonchev–Trinajstić information content (AvgIpc) is 3.24. The van der Waals surface area contributed by atoms with Gasteiger partial charge in [-0.3, -0.25) is 14.2 Å². The monoisotopic (exact) mass is 425 g/mol. The van der Waals surface area contributed by atoms with E-state index in [0.717, 1.165) is 10.5 Å². The molecule has 2 aromatic carbocycles. The third kappa shape index (κ3) is 5.16. The number of carbonyl (C=O) groups is 1. The Hall–Kier alpha value is -2.93. The summed E-state index contributed by atoms with van der Waals surface area (Å²) in [5.74, 6) is 1.00. The fraction of sp³-hybridized carbons (Fsp3) is 0.304. The lowest BCUT2D eigenvalue weighted by Gasteiger charge is -2.21. The van der Waals surface area contributed by atoms with E-state index in [-0.39, 0.29) is 11.3 Å². The average molecular weight is 426 g/mol. The second-order valence-corrected chi connectivity index (χ2v) is 8.74. The van der Waals surface area contributed by atoms with E-state index >= 15 is 0 Å². The highest BCUT2D eigenvalue weighted by Crippen LogP contribution is 2.33. The Morgan fingerprint density at radius 3 is 2.47 bits per heavy atom. The number of nitrogens with zero attached hydrogens (tertiary/aromatic N) is 2. The zero-order valence-corrected chi connectivity index (χ0v) is 18.7.